The first-order chi connectivity index (χ1) is 14.2. The number of aromatic nitrogens is 2. The second-order valence-corrected chi connectivity index (χ2v) is 7.34. The predicted molar refractivity (Wildman–Crippen MR) is 116 cm³/mol. The molecule has 0 N–H and O–H groups in total. The maximum absolute atomic E-state index is 12.7. The molecule has 1 aliphatic heterocycles. The van der Waals surface area contributed by atoms with Crippen LogP contribution in [0.3, 0.4) is 0 Å². The molecule has 2 aromatic carbocycles. The summed E-state index contributed by atoms with van der Waals surface area (Å²) >= 11 is 6.44. The average Bonchev–Trinajstić information content (AvgIpc) is 2.78. The summed E-state index contributed by atoms with van der Waals surface area (Å²) in [6.45, 7) is 3.64. The first-order valence-corrected chi connectivity index (χ1v) is 9.97. The third kappa shape index (κ3) is 4.22. The Morgan fingerprint density at radius 3 is 2.28 bits per heavy atom. The molecule has 6 nitrogen and oxygen atoms in total. The standard InChI is InChI=1S/C22H23ClN4O2/c1-29-19-9-7-18(8-10-19)25-11-13-26(14-12-25)20-15-24-27(22(28)21(20)23)16-17-5-3-2-4-6-17/h2-10,15H,11-14,16H2,1H3. The quantitative estimate of drug-likeness (QED) is 0.646. The molecule has 1 fully saturated rings. The topological polar surface area (TPSA) is 50.6 Å². The summed E-state index contributed by atoms with van der Waals surface area (Å²) in [5.41, 5.74) is 2.62. The number of benzene rings is 2. The van der Waals surface area contributed by atoms with Crippen molar-refractivity contribution in [1.29, 1.82) is 0 Å². The maximum atomic E-state index is 12.7. The van der Waals surface area contributed by atoms with E-state index in [1.807, 2.05) is 42.5 Å². The molecule has 150 valence electrons. The Labute approximate surface area is 174 Å². The second kappa shape index (κ2) is 8.57. The Morgan fingerprint density at radius 2 is 1.62 bits per heavy atom. The van der Waals surface area contributed by atoms with Crippen molar-refractivity contribution in [1.82, 2.24) is 9.78 Å². The van der Waals surface area contributed by atoms with Crippen molar-refractivity contribution in [3.63, 3.8) is 0 Å². The molecule has 1 aromatic heterocycles. The number of rotatable bonds is 5. The molecule has 1 aliphatic rings. The summed E-state index contributed by atoms with van der Waals surface area (Å²) in [4.78, 5) is 17.1. The maximum Gasteiger partial charge on any atom is 0.287 e. The summed E-state index contributed by atoms with van der Waals surface area (Å²) in [6.07, 6.45) is 1.70. The van der Waals surface area contributed by atoms with Crippen LogP contribution < -0.4 is 20.1 Å². The molecule has 2 heterocycles. The average molecular weight is 411 g/mol. The van der Waals surface area contributed by atoms with Gasteiger partial charge < -0.3 is 14.5 Å². The van der Waals surface area contributed by atoms with Gasteiger partial charge in [-0.2, -0.15) is 5.10 Å². The second-order valence-electron chi connectivity index (χ2n) is 6.96. The van der Waals surface area contributed by atoms with Crippen molar-refractivity contribution in [2.45, 2.75) is 6.54 Å². The van der Waals surface area contributed by atoms with Gasteiger partial charge in [0.25, 0.3) is 5.56 Å². The van der Waals surface area contributed by atoms with Crippen LogP contribution in [0, 0.1) is 0 Å². The zero-order chi connectivity index (χ0) is 20.2. The highest BCUT2D eigenvalue weighted by molar-refractivity contribution is 6.33. The van der Waals surface area contributed by atoms with Gasteiger partial charge in [0.2, 0.25) is 0 Å². The number of methoxy groups -OCH3 is 1. The van der Waals surface area contributed by atoms with Gasteiger partial charge in [0.1, 0.15) is 10.8 Å². The molecule has 0 amide bonds. The molecule has 0 unspecified atom stereocenters. The smallest absolute Gasteiger partial charge is 0.287 e. The number of hydrogen-bond acceptors (Lipinski definition) is 5. The Hall–Kier alpha value is -2.99. The number of hydrogen-bond donors (Lipinski definition) is 0. The van der Waals surface area contributed by atoms with E-state index in [4.69, 9.17) is 16.3 Å². The largest absolute Gasteiger partial charge is 0.497 e. The summed E-state index contributed by atoms with van der Waals surface area (Å²) < 4.78 is 6.63. The molecule has 0 spiro atoms. The van der Waals surface area contributed by atoms with Crippen molar-refractivity contribution < 1.29 is 4.74 Å². The van der Waals surface area contributed by atoms with E-state index in [1.54, 1.807) is 13.3 Å². The number of piperazine rings is 1. The fourth-order valence-corrected chi connectivity index (χ4v) is 3.81. The first kappa shape index (κ1) is 19.3. The zero-order valence-electron chi connectivity index (χ0n) is 16.3. The zero-order valence-corrected chi connectivity index (χ0v) is 17.0. The van der Waals surface area contributed by atoms with Gasteiger partial charge in [-0.15, -0.1) is 0 Å². The monoisotopic (exact) mass is 410 g/mol. The predicted octanol–water partition coefficient (Wildman–Crippen LogP) is 3.28. The van der Waals surface area contributed by atoms with Gasteiger partial charge in [-0.3, -0.25) is 4.79 Å². The van der Waals surface area contributed by atoms with E-state index in [2.05, 4.69) is 27.0 Å². The van der Waals surface area contributed by atoms with Crippen molar-refractivity contribution in [3.8, 4) is 5.75 Å². The molecule has 0 radical (unpaired) electrons. The van der Waals surface area contributed by atoms with E-state index in [1.165, 1.54) is 4.68 Å². The lowest BCUT2D eigenvalue weighted by Gasteiger charge is -2.37. The lowest BCUT2D eigenvalue weighted by Crippen LogP contribution is -2.47. The van der Waals surface area contributed by atoms with Crippen LogP contribution in [0.5, 0.6) is 5.75 Å². The lowest BCUT2D eigenvalue weighted by molar-refractivity contribution is 0.415. The van der Waals surface area contributed by atoms with E-state index in [9.17, 15) is 4.79 Å². The van der Waals surface area contributed by atoms with Crippen LogP contribution in [0.2, 0.25) is 5.02 Å². The molecule has 0 atom stereocenters. The van der Waals surface area contributed by atoms with Crippen LogP contribution in [-0.4, -0.2) is 43.1 Å². The summed E-state index contributed by atoms with van der Waals surface area (Å²) in [5.74, 6) is 0.848. The van der Waals surface area contributed by atoms with Crippen LogP contribution in [0.4, 0.5) is 11.4 Å². The highest BCUT2D eigenvalue weighted by Crippen LogP contribution is 2.25. The van der Waals surface area contributed by atoms with Gasteiger partial charge in [0.15, 0.2) is 0 Å². The number of nitrogens with zero attached hydrogens (tertiary/aromatic N) is 4. The Balaban J connectivity index is 1.45. The molecular formula is C22H23ClN4O2. The molecule has 0 saturated carbocycles. The molecule has 7 heteroatoms. The Bertz CT molecular complexity index is 1010. The third-order valence-electron chi connectivity index (χ3n) is 5.20. The van der Waals surface area contributed by atoms with E-state index >= 15 is 0 Å². The highest BCUT2D eigenvalue weighted by atomic mass is 35.5. The van der Waals surface area contributed by atoms with Gasteiger partial charge in [-0.05, 0) is 29.8 Å². The van der Waals surface area contributed by atoms with Crippen LogP contribution in [0.15, 0.2) is 65.6 Å². The van der Waals surface area contributed by atoms with E-state index in [0.717, 1.165) is 43.2 Å². The van der Waals surface area contributed by atoms with Gasteiger partial charge in [0, 0.05) is 31.9 Å². The van der Waals surface area contributed by atoms with Crippen molar-refractivity contribution in [3.05, 3.63) is 81.7 Å². The summed E-state index contributed by atoms with van der Waals surface area (Å²) in [7, 11) is 1.67. The Morgan fingerprint density at radius 1 is 0.966 bits per heavy atom. The van der Waals surface area contributed by atoms with E-state index in [0.29, 0.717) is 12.2 Å². The molecule has 3 aromatic rings. The highest BCUT2D eigenvalue weighted by Gasteiger charge is 2.21. The van der Waals surface area contributed by atoms with Gasteiger partial charge in [0.05, 0.1) is 25.5 Å². The lowest BCUT2D eigenvalue weighted by atomic mass is 10.2. The van der Waals surface area contributed by atoms with Crippen LogP contribution in [0.25, 0.3) is 0 Å². The fourth-order valence-electron chi connectivity index (χ4n) is 3.54. The minimum atomic E-state index is -0.259. The minimum absolute atomic E-state index is 0.230. The van der Waals surface area contributed by atoms with Gasteiger partial charge >= 0.3 is 0 Å². The van der Waals surface area contributed by atoms with Crippen LogP contribution >= 0.6 is 11.6 Å². The van der Waals surface area contributed by atoms with Crippen molar-refractivity contribution in [2.75, 3.05) is 43.1 Å². The number of ether oxygens (including phenoxy) is 1. The number of anilines is 2. The summed E-state index contributed by atoms with van der Waals surface area (Å²) in [5, 5.41) is 4.59. The fraction of sp³-hybridized carbons (Fsp3) is 0.273. The van der Waals surface area contributed by atoms with Crippen molar-refractivity contribution in [2.24, 2.45) is 0 Å². The van der Waals surface area contributed by atoms with Gasteiger partial charge in [-0.1, -0.05) is 41.9 Å². The molecule has 29 heavy (non-hydrogen) atoms. The molecule has 0 bridgehead atoms. The van der Waals surface area contributed by atoms with E-state index in [-0.39, 0.29) is 10.6 Å². The Kier molecular flexibility index (Phi) is 5.71. The normalized spacial score (nSPS) is 14.1. The molecule has 0 aliphatic carbocycles. The van der Waals surface area contributed by atoms with Gasteiger partial charge in [-0.25, -0.2) is 4.68 Å². The summed E-state index contributed by atoms with van der Waals surface area (Å²) in [6, 6.07) is 17.8. The van der Waals surface area contributed by atoms with E-state index < -0.39 is 0 Å². The number of halogens is 1. The van der Waals surface area contributed by atoms with Crippen LogP contribution in [0.1, 0.15) is 5.56 Å². The third-order valence-corrected chi connectivity index (χ3v) is 5.55. The van der Waals surface area contributed by atoms with Crippen molar-refractivity contribution >= 4 is 23.0 Å². The molecule has 1 saturated heterocycles. The van der Waals surface area contributed by atoms with Crippen LogP contribution in [-0.2, 0) is 6.54 Å². The molecule has 4 rings (SSSR count). The molecular weight excluding hydrogens is 388 g/mol. The first-order valence-electron chi connectivity index (χ1n) is 9.59. The SMILES string of the molecule is COc1ccc(N2CCN(c3cnn(Cc4ccccc4)c(=O)c3Cl)CC2)cc1. The minimum Gasteiger partial charge on any atom is -0.497 e.